The number of rotatable bonds is 2. The molecule has 0 aliphatic heterocycles. The fourth-order valence-corrected chi connectivity index (χ4v) is 2.76. The lowest BCUT2D eigenvalue weighted by atomic mass is 10.1. The maximum atomic E-state index is 10.3. The minimum Gasteiger partial charge on any atom is -0.383 e. The van der Waals surface area contributed by atoms with Gasteiger partial charge in [0.2, 0.25) is 0 Å². The Labute approximate surface area is 106 Å². The third kappa shape index (κ3) is 1.82. The van der Waals surface area contributed by atoms with Gasteiger partial charge in [-0.15, -0.1) is 11.3 Å². The summed E-state index contributed by atoms with van der Waals surface area (Å²) in [5, 5.41) is 14.4. The van der Waals surface area contributed by atoms with Crippen molar-refractivity contribution in [1.82, 2.24) is 14.6 Å². The second-order valence-corrected chi connectivity index (χ2v) is 5.30. The minimum atomic E-state index is -0.714. The molecule has 3 rings (SSSR count). The third-order valence-corrected chi connectivity index (χ3v) is 3.80. The molecule has 86 valence electrons. The normalized spacial score (nSPS) is 13.1. The molecule has 0 spiro atoms. The largest absolute Gasteiger partial charge is 0.383 e. The molecule has 4 nitrogen and oxygen atoms in total. The number of thiophene rings is 1. The van der Waals surface area contributed by atoms with Crippen LogP contribution in [0.3, 0.4) is 0 Å². The quantitative estimate of drug-likeness (QED) is 0.775. The second-order valence-electron chi connectivity index (χ2n) is 3.55. The van der Waals surface area contributed by atoms with Crippen molar-refractivity contribution in [2.75, 3.05) is 0 Å². The first-order chi connectivity index (χ1) is 8.25. The van der Waals surface area contributed by atoms with E-state index in [1.165, 1.54) is 11.3 Å². The van der Waals surface area contributed by atoms with Crippen LogP contribution in [0.2, 0.25) is 4.34 Å². The zero-order valence-electron chi connectivity index (χ0n) is 8.62. The molecule has 0 saturated carbocycles. The van der Waals surface area contributed by atoms with Crippen LogP contribution in [0, 0.1) is 0 Å². The van der Waals surface area contributed by atoms with Crippen molar-refractivity contribution >= 4 is 28.5 Å². The van der Waals surface area contributed by atoms with E-state index in [9.17, 15) is 5.11 Å². The van der Waals surface area contributed by atoms with Crippen LogP contribution < -0.4 is 0 Å². The number of hydrogen-bond acceptors (Lipinski definition) is 4. The van der Waals surface area contributed by atoms with Gasteiger partial charge in [-0.3, -0.25) is 4.98 Å². The van der Waals surface area contributed by atoms with Gasteiger partial charge in [0, 0.05) is 22.8 Å². The summed E-state index contributed by atoms with van der Waals surface area (Å²) >= 11 is 7.22. The average molecular weight is 266 g/mol. The van der Waals surface area contributed by atoms with Crippen molar-refractivity contribution in [2.24, 2.45) is 0 Å². The van der Waals surface area contributed by atoms with Crippen molar-refractivity contribution in [3.63, 3.8) is 0 Å². The molecular formula is C11H8ClN3OS. The summed E-state index contributed by atoms with van der Waals surface area (Å²) in [5.74, 6) is 0. The monoisotopic (exact) mass is 265 g/mol. The van der Waals surface area contributed by atoms with Gasteiger partial charge in [-0.05, 0) is 12.1 Å². The van der Waals surface area contributed by atoms with Crippen molar-refractivity contribution in [1.29, 1.82) is 0 Å². The SMILES string of the molecule is OC(c1ccc(Cl)s1)c1cnn2ccncc12. The lowest BCUT2D eigenvalue weighted by molar-refractivity contribution is 0.225. The molecule has 3 aromatic heterocycles. The van der Waals surface area contributed by atoms with Crippen molar-refractivity contribution in [3.8, 4) is 0 Å². The molecule has 3 heterocycles. The van der Waals surface area contributed by atoms with Gasteiger partial charge >= 0.3 is 0 Å². The fraction of sp³-hybridized carbons (Fsp3) is 0.0909. The van der Waals surface area contributed by atoms with E-state index in [1.807, 2.05) is 6.07 Å². The lowest BCUT2D eigenvalue weighted by Crippen LogP contribution is -1.96. The Morgan fingerprint density at radius 2 is 2.24 bits per heavy atom. The molecule has 1 N–H and O–H groups in total. The van der Waals surface area contributed by atoms with Gasteiger partial charge in [0.05, 0.1) is 22.2 Å². The maximum Gasteiger partial charge on any atom is 0.117 e. The van der Waals surface area contributed by atoms with Crippen molar-refractivity contribution < 1.29 is 5.11 Å². The highest BCUT2D eigenvalue weighted by Gasteiger charge is 2.17. The van der Waals surface area contributed by atoms with Crippen LogP contribution in [0.4, 0.5) is 0 Å². The number of aliphatic hydroxyl groups excluding tert-OH is 1. The van der Waals surface area contributed by atoms with Crippen LogP contribution in [0.25, 0.3) is 5.52 Å². The molecule has 1 atom stereocenters. The van der Waals surface area contributed by atoms with Crippen molar-refractivity contribution in [3.05, 3.63) is 51.7 Å². The van der Waals surface area contributed by atoms with E-state index in [-0.39, 0.29) is 0 Å². The number of hydrogen-bond donors (Lipinski definition) is 1. The lowest BCUT2D eigenvalue weighted by Gasteiger charge is -2.05. The van der Waals surface area contributed by atoms with Crippen LogP contribution in [0.5, 0.6) is 0 Å². The van der Waals surface area contributed by atoms with Crippen LogP contribution in [-0.2, 0) is 0 Å². The second kappa shape index (κ2) is 4.10. The van der Waals surface area contributed by atoms with Crippen LogP contribution in [0.1, 0.15) is 16.5 Å². The van der Waals surface area contributed by atoms with E-state index in [0.717, 1.165) is 16.0 Å². The molecular weight excluding hydrogens is 258 g/mol. The first-order valence-corrected chi connectivity index (χ1v) is 6.16. The molecule has 0 aliphatic carbocycles. The van der Waals surface area contributed by atoms with E-state index in [4.69, 9.17) is 11.6 Å². The Kier molecular flexibility index (Phi) is 2.58. The third-order valence-electron chi connectivity index (χ3n) is 2.51. The molecule has 0 amide bonds. The molecule has 3 aromatic rings. The van der Waals surface area contributed by atoms with E-state index in [2.05, 4.69) is 10.1 Å². The predicted molar refractivity (Wildman–Crippen MR) is 66.4 cm³/mol. The summed E-state index contributed by atoms with van der Waals surface area (Å²) in [6.07, 6.45) is 6.01. The number of halogens is 1. The smallest absolute Gasteiger partial charge is 0.117 e. The highest BCUT2D eigenvalue weighted by Crippen LogP contribution is 2.32. The topological polar surface area (TPSA) is 50.4 Å². The van der Waals surface area contributed by atoms with Gasteiger partial charge < -0.3 is 5.11 Å². The number of aromatic nitrogens is 3. The van der Waals surface area contributed by atoms with Gasteiger partial charge in [-0.2, -0.15) is 5.10 Å². The number of aliphatic hydroxyl groups is 1. The summed E-state index contributed by atoms with van der Waals surface area (Å²) in [7, 11) is 0. The van der Waals surface area contributed by atoms with Crippen LogP contribution >= 0.6 is 22.9 Å². The molecule has 0 aromatic carbocycles. The highest BCUT2D eigenvalue weighted by atomic mass is 35.5. The van der Waals surface area contributed by atoms with E-state index < -0.39 is 6.10 Å². The standard InChI is InChI=1S/C11H8ClN3OS/c12-10-2-1-9(17-10)11(16)7-5-14-15-4-3-13-6-8(7)15/h1-6,11,16H. The van der Waals surface area contributed by atoms with E-state index >= 15 is 0 Å². The highest BCUT2D eigenvalue weighted by molar-refractivity contribution is 7.16. The van der Waals surface area contributed by atoms with Crippen molar-refractivity contribution in [2.45, 2.75) is 6.10 Å². The maximum absolute atomic E-state index is 10.3. The fourth-order valence-electron chi connectivity index (χ4n) is 1.69. The Morgan fingerprint density at radius 1 is 1.35 bits per heavy atom. The minimum absolute atomic E-state index is 0.661. The van der Waals surface area contributed by atoms with Gasteiger partial charge in [0.15, 0.2) is 0 Å². The molecule has 0 aliphatic rings. The molecule has 17 heavy (non-hydrogen) atoms. The summed E-state index contributed by atoms with van der Waals surface area (Å²) in [5.41, 5.74) is 1.53. The van der Waals surface area contributed by atoms with Gasteiger partial charge in [0.1, 0.15) is 6.10 Å². The number of fused-ring (bicyclic) bond motifs is 1. The summed E-state index contributed by atoms with van der Waals surface area (Å²) < 4.78 is 2.34. The molecule has 0 fully saturated rings. The van der Waals surface area contributed by atoms with E-state index in [1.54, 1.807) is 35.4 Å². The summed E-state index contributed by atoms with van der Waals surface area (Å²) in [4.78, 5) is 4.83. The van der Waals surface area contributed by atoms with Gasteiger partial charge in [0.25, 0.3) is 0 Å². The van der Waals surface area contributed by atoms with Crippen LogP contribution in [0.15, 0.2) is 36.9 Å². The summed E-state index contributed by atoms with van der Waals surface area (Å²) in [6.45, 7) is 0. The predicted octanol–water partition coefficient (Wildman–Crippen LogP) is 2.53. The average Bonchev–Trinajstić information content (AvgIpc) is 2.94. The summed E-state index contributed by atoms with van der Waals surface area (Å²) in [6, 6.07) is 3.59. The zero-order chi connectivity index (χ0) is 11.8. The molecule has 0 radical (unpaired) electrons. The Hall–Kier alpha value is -1.43. The Bertz CT molecular complexity index is 663. The Balaban J connectivity index is 2.09. The zero-order valence-corrected chi connectivity index (χ0v) is 10.2. The molecule has 0 saturated heterocycles. The van der Waals surface area contributed by atoms with Crippen LogP contribution in [-0.4, -0.2) is 19.7 Å². The molecule has 6 heteroatoms. The molecule has 1 unspecified atom stereocenters. The van der Waals surface area contributed by atoms with Gasteiger partial charge in [-0.1, -0.05) is 11.6 Å². The Morgan fingerprint density at radius 3 is 3.00 bits per heavy atom. The van der Waals surface area contributed by atoms with Gasteiger partial charge in [-0.25, -0.2) is 4.52 Å². The first kappa shape index (κ1) is 10.7. The first-order valence-electron chi connectivity index (χ1n) is 4.96. The number of nitrogens with zero attached hydrogens (tertiary/aromatic N) is 3. The van der Waals surface area contributed by atoms with E-state index in [0.29, 0.717) is 4.34 Å². The molecule has 0 bridgehead atoms.